The van der Waals surface area contributed by atoms with E-state index in [1.807, 2.05) is 24.3 Å². The fourth-order valence-electron chi connectivity index (χ4n) is 3.11. The zero-order chi connectivity index (χ0) is 18.1. The number of rotatable bonds is 4. The molecule has 1 saturated heterocycles. The molecule has 2 aromatic carbocycles. The van der Waals surface area contributed by atoms with Gasteiger partial charge in [-0.1, -0.05) is 51.4 Å². The number of hydrogen-bond donors (Lipinski definition) is 0. The summed E-state index contributed by atoms with van der Waals surface area (Å²) in [5.41, 5.74) is 1.29. The fraction of sp³-hybridized carbons (Fsp3) is 0.211. The van der Waals surface area contributed by atoms with E-state index in [9.17, 15) is 9.18 Å². The van der Waals surface area contributed by atoms with Gasteiger partial charge in [0.05, 0.1) is 0 Å². The Hall–Kier alpha value is -2.54. The number of likely N-dealkylation sites (tertiary alicyclic amines) is 1. The SMILES string of the molecule is O=C1CCC(c2nc(-c3cccc(Br)c3)no2)N1Cc1ccccc1F. The maximum atomic E-state index is 14.0. The van der Waals surface area contributed by atoms with Gasteiger partial charge in [0.15, 0.2) is 0 Å². The smallest absolute Gasteiger partial charge is 0.249 e. The molecule has 0 radical (unpaired) electrons. The Kier molecular flexibility index (Phi) is 4.55. The number of halogens is 2. The van der Waals surface area contributed by atoms with Gasteiger partial charge in [-0.2, -0.15) is 4.98 Å². The normalized spacial score (nSPS) is 17.1. The zero-order valence-corrected chi connectivity index (χ0v) is 15.3. The average molecular weight is 416 g/mol. The molecule has 0 saturated carbocycles. The number of nitrogens with zero attached hydrogens (tertiary/aromatic N) is 3. The van der Waals surface area contributed by atoms with E-state index in [0.717, 1.165) is 10.0 Å². The van der Waals surface area contributed by atoms with Crippen LogP contribution in [0.5, 0.6) is 0 Å². The van der Waals surface area contributed by atoms with Gasteiger partial charge in [0.2, 0.25) is 17.6 Å². The summed E-state index contributed by atoms with van der Waals surface area (Å²) in [4.78, 5) is 18.4. The van der Waals surface area contributed by atoms with Crippen molar-refractivity contribution >= 4 is 21.8 Å². The van der Waals surface area contributed by atoms with Crippen LogP contribution in [0.25, 0.3) is 11.4 Å². The quantitative estimate of drug-likeness (QED) is 0.629. The molecule has 132 valence electrons. The van der Waals surface area contributed by atoms with Crippen molar-refractivity contribution in [2.24, 2.45) is 0 Å². The van der Waals surface area contributed by atoms with Crippen LogP contribution >= 0.6 is 15.9 Å². The summed E-state index contributed by atoms with van der Waals surface area (Å²) in [5.74, 6) is 0.473. The highest BCUT2D eigenvalue weighted by Gasteiger charge is 2.36. The van der Waals surface area contributed by atoms with Gasteiger partial charge in [0.25, 0.3) is 0 Å². The lowest BCUT2D eigenvalue weighted by Crippen LogP contribution is -2.27. The maximum Gasteiger partial charge on any atom is 0.249 e. The van der Waals surface area contributed by atoms with Crippen LogP contribution in [0.15, 0.2) is 57.5 Å². The Bertz CT molecular complexity index is 959. The van der Waals surface area contributed by atoms with Crippen LogP contribution in [0.2, 0.25) is 0 Å². The summed E-state index contributed by atoms with van der Waals surface area (Å²) < 4.78 is 20.3. The number of amides is 1. The molecule has 5 nitrogen and oxygen atoms in total. The van der Waals surface area contributed by atoms with Crippen molar-refractivity contribution in [3.63, 3.8) is 0 Å². The van der Waals surface area contributed by atoms with Crippen LogP contribution in [0, 0.1) is 5.82 Å². The van der Waals surface area contributed by atoms with Gasteiger partial charge in [-0.05, 0) is 24.6 Å². The summed E-state index contributed by atoms with van der Waals surface area (Å²) >= 11 is 3.42. The number of carbonyl (C=O) groups excluding carboxylic acids is 1. The first-order valence-corrected chi connectivity index (χ1v) is 9.03. The molecular weight excluding hydrogens is 401 g/mol. The highest BCUT2D eigenvalue weighted by atomic mass is 79.9. The number of carbonyl (C=O) groups is 1. The molecule has 1 amide bonds. The first-order chi connectivity index (χ1) is 12.6. The number of hydrogen-bond acceptors (Lipinski definition) is 4. The molecule has 7 heteroatoms. The van der Waals surface area contributed by atoms with Crippen molar-refractivity contribution in [1.29, 1.82) is 0 Å². The van der Waals surface area contributed by atoms with Crippen molar-refractivity contribution in [3.8, 4) is 11.4 Å². The molecule has 0 spiro atoms. The highest BCUT2D eigenvalue weighted by Crippen LogP contribution is 2.34. The van der Waals surface area contributed by atoms with Crippen LogP contribution in [0.3, 0.4) is 0 Å². The summed E-state index contributed by atoms with van der Waals surface area (Å²) in [6, 6.07) is 13.7. The lowest BCUT2D eigenvalue weighted by Gasteiger charge is -2.22. The molecule has 1 aromatic heterocycles. The van der Waals surface area contributed by atoms with Gasteiger partial charge in [0, 0.05) is 28.6 Å². The Morgan fingerprint density at radius 2 is 2.08 bits per heavy atom. The number of aromatic nitrogens is 2. The topological polar surface area (TPSA) is 59.2 Å². The van der Waals surface area contributed by atoms with Gasteiger partial charge < -0.3 is 9.42 Å². The first-order valence-electron chi connectivity index (χ1n) is 8.24. The van der Waals surface area contributed by atoms with E-state index >= 15 is 0 Å². The average Bonchev–Trinajstić information content (AvgIpc) is 3.25. The van der Waals surface area contributed by atoms with Gasteiger partial charge in [0.1, 0.15) is 11.9 Å². The Balaban J connectivity index is 1.60. The maximum absolute atomic E-state index is 14.0. The molecule has 26 heavy (non-hydrogen) atoms. The largest absolute Gasteiger partial charge is 0.337 e. The van der Waals surface area contributed by atoms with Crippen LogP contribution in [0.4, 0.5) is 4.39 Å². The molecule has 1 aliphatic heterocycles. The van der Waals surface area contributed by atoms with Gasteiger partial charge in [-0.15, -0.1) is 0 Å². The highest BCUT2D eigenvalue weighted by molar-refractivity contribution is 9.10. The van der Waals surface area contributed by atoms with Crippen molar-refractivity contribution < 1.29 is 13.7 Å². The minimum atomic E-state index is -0.337. The molecule has 0 aliphatic carbocycles. The predicted octanol–water partition coefficient (Wildman–Crippen LogP) is 4.50. The van der Waals surface area contributed by atoms with E-state index in [2.05, 4.69) is 26.1 Å². The Labute approximate surface area is 158 Å². The molecule has 2 heterocycles. The van der Waals surface area contributed by atoms with Crippen molar-refractivity contribution in [2.75, 3.05) is 0 Å². The second-order valence-corrected chi connectivity index (χ2v) is 7.05. The van der Waals surface area contributed by atoms with E-state index in [4.69, 9.17) is 4.52 Å². The third-order valence-electron chi connectivity index (χ3n) is 4.44. The van der Waals surface area contributed by atoms with Crippen LogP contribution in [0.1, 0.15) is 30.3 Å². The van der Waals surface area contributed by atoms with Gasteiger partial charge in [-0.25, -0.2) is 4.39 Å². The molecule has 1 fully saturated rings. The van der Waals surface area contributed by atoms with E-state index in [1.54, 1.807) is 23.1 Å². The summed E-state index contributed by atoms with van der Waals surface area (Å²) in [6.07, 6.45) is 0.959. The molecule has 4 rings (SSSR count). The van der Waals surface area contributed by atoms with E-state index in [1.165, 1.54) is 6.07 Å². The molecule has 1 atom stereocenters. The standard InChI is InChI=1S/C19H15BrFN3O2/c20-14-6-3-5-12(10-14)18-22-19(26-23-18)16-8-9-17(25)24(16)11-13-4-1-2-7-15(13)21/h1-7,10,16H,8-9,11H2. The van der Waals surface area contributed by atoms with Gasteiger partial charge in [-0.3, -0.25) is 4.79 Å². The monoisotopic (exact) mass is 415 g/mol. The molecule has 0 N–H and O–H groups in total. The summed E-state index contributed by atoms with van der Waals surface area (Å²) in [7, 11) is 0. The lowest BCUT2D eigenvalue weighted by atomic mass is 10.1. The van der Waals surface area contributed by atoms with E-state index in [-0.39, 0.29) is 24.3 Å². The third-order valence-corrected chi connectivity index (χ3v) is 4.93. The lowest BCUT2D eigenvalue weighted by molar-refractivity contribution is -0.130. The molecule has 3 aromatic rings. The summed E-state index contributed by atoms with van der Waals surface area (Å²) in [6.45, 7) is 0.185. The van der Waals surface area contributed by atoms with Crippen LogP contribution in [-0.4, -0.2) is 20.9 Å². The van der Waals surface area contributed by atoms with Crippen LogP contribution < -0.4 is 0 Å². The molecule has 1 aliphatic rings. The predicted molar refractivity (Wildman–Crippen MR) is 96.4 cm³/mol. The fourth-order valence-corrected chi connectivity index (χ4v) is 3.51. The summed E-state index contributed by atoms with van der Waals surface area (Å²) in [5, 5.41) is 4.04. The Morgan fingerprint density at radius 3 is 2.88 bits per heavy atom. The van der Waals surface area contributed by atoms with E-state index < -0.39 is 0 Å². The molecule has 0 bridgehead atoms. The molecule has 1 unspecified atom stereocenters. The third kappa shape index (κ3) is 3.26. The zero-order valence-electron chi connectivity index (χ0n) is 13.7. The number of benzene rings is 2. The second kappa shape index (κ2) is 6.99. The van der Waals surface area contributed by atoms with Crippen LogP contribution in [-0.2, 0) is 11.3 Å². The molecular formula is C19H15BrFN3O2. The first kappa shape index (κ1) is 16.9. The minimum absolute atomic E-state index is 0.0412. The van der Waals surface area contributed by atoms with Crippen molar-refractivity contribution in [1.82, 2.24) is 15.0 Å². The Morgan fingerprint density at radius 1 is 1.23 bits per heavy atom. The van der Waals surface area contributed by atoms with Crippen molar-refractivity contribution in [2.45, 2.75) is 25.4 Å². The minimum Gasteiger partial charge on any atom is -0.337 e. The van der Waals surface area contributed by atoms with Gasteiger partial charge >= 0.3 is 0 Å². The second-order valence-electron chi connectivity index (χ2n) is 6.13. The van der Waals surface area contributed by atoms with E-state index in [0.29, 0.717) is 30.1 Å². The van der Waals surface area contributed by atoms with Crippen molar-refractivity contribution in [3.05, 3.63) is 70.3 Å².